The predicted octanol–water partition coefficient (Wildman–Crippen LogP) is 5.08. The predicted molar refractivity (Wildman–Crippen MR) is 176 cm³/mol. The van der Waals surface area contributed by atoms with E-state index in [9.17, 15) is 14.7 Å². The summed E-state index contributed by atoms with van der Waals surface area (Å²) in [6.45, 7) is 6.41. The van der Waals surface area contributed by atoms with Crippen molar-refractivity contribution in [1.29, 1.82) is 0 Å². The topological polar surface area (TPSA) is 279 Å². The highest BCUT2D eigenvalue weighted by molar-refractivity contribution is 5.98. The second kappa shape index (κ2) is 15.4. The highest BCUT2D eigenvalue weighted by Gasteiger charge is 2.24. The van der Waals surface area contributed by atoms with Crippen molar-refractivity contribution in [2.75, 3.05) is 25.2 Å². The Labute approximate surface area is 284 Å². The minimum absolute atomic E-state index is 0.103. The number of rotatable bonds is 15. The van der Waals surface area contributed by atoms with Gasteiger partial charge >= 0.3 is 5.97 Å². The van der Waals surface area contributed by atoms with Crippen molar-refractivity contribution in [2.24, 2.45) is 20.5 Å². The highest BCUT2D eigenvalue weighted by Crippen LogP contribution is 2.35. The van der Waals surface area contributed by atoms with Crippen LogP contribution in [0.1, 0.15) is 83.7 Å². The molecule has 5 heterocycles. The summed E-state index contributed by atoms with van der Waals surface area (Å²) < 4.78 is 18.4. The molecular formula is C30H36N14O6. The maximum atomic E-state index is 12.2. The van der Waals surface area contributed by atoms with Crippen LogP contribution in [0.3, 0.4) is 0 Å². The number of carbonyl (C=O) groups is 2. The molecule has 20 heteroatoms. The van der Waals surface area contributed by atoms with Gasteiger partial charge in [0.25, 0.3) is 11.8 Å². The Morgan fingerprint density at radius 3 is 1.76 bits per heavy atom. The third-order valence-corrected chi connectivity index (χ3v) is 7.24. The molecule has 0 radical (unpaired) electrons. The maximum absolute atomic E-state index is 12.2. The molecular weight excluding hydrogens is 652 g/mol. The number of esters is 1. The molecule has 0 aliphatic rings. The lowest BCUT2D eigenvalue weighted by Gasteiger charge is -2.06. The number of oxazole rings is 2. The smallest absolute Gasteiger partial charge is 0.362 e. The molecule has 0 amide bonds. The first-order valence-corrected chi connectivity index (χ1v) is 15.7. The van der Waals surface area contributed by atoms with Gasteiger partial charge in [0, 0.05) is 19.9 Å². The fraction of sp³-hybridized carbons (Fsp3) is 0.400. The van der Waals surface area contributed by atoms with Gasteiger partial charge < -0.3 is 30.1 Å². The molecule has 0 saturated heterocycles. The Morgan fingerprint density at radius 2 is 1.30 bits per heavy atom. The zero-order chi connectivity index (χ0) is 35.9. The summed E-state index contributed by atoms with van der Waals surface area (Å²) in [4.78, 5) is 41.1. The minimum atomic E-state index is -0.769. The van der Waals surface area contributed by atoms with Crippen LogP contribution in [0.4, 0.5) is 34.8 Å². The van der Waals surface area contributed by atoms with E-state index in [0.29, 0.717) is 24.2 Å². The number of methoxy groups -OCH3 is 1. The molecule has 50 heavy (non-hydrogen) atoms. The van der Waals surface area contributed by atoms with Crippen molar-refractivity contribution in [3.05, 3.63) is 47.0 Å². The third kappa shape index (κ3) is 7.28. The van der Waals surface area contributed by atoms with E-state index >= 15 is 0 Å². The summed E-state index contributed by atoms with van der Waals surface area (Å²) in [6, 6.07) is 1.58. The number of nitrogens with zero attached hydrogens (tertiary/aromatic N) is 12. The number of carbonyl (C=O) groups excluding carboxylic acids is 2. The van der Waals surface area contributed by atoms with Gasteiger partial charge in [-0.3, -0.25) is 4.79 Å². The average molecular weight is 689 g/mol. The van der Waals surface area contributed by atoms with E-state index < -0.39 is 18.4 Å². The summed E-state index contributed by atoms with van der Waals surface area (Å²) >= 11 is 0. The quantitative estimate of drug-likeness (QED) is 0.0734. The lowest BCUT2D eigenvalue weighted by Crippen LogP contribution is -2.09. The number of ketones is 1. The third-order valence-electron chi connectivity index (χ3n) is 7.24. The van der Waals surface area contributed by atoms with Crippen molar-refractivity contribution >= 4 is 46.5 Å². The molecule has 0 spiro atoms. The first-order valence-electron chi connectivity index (χ1n) is 15.7. The van der Waals surface area contributed by atoms with Crippen LogP contribution in [-0.2, 0) is 17.6 Å². The van der Waals surface area contributed by atoms with E-state index in [2.05, 4.69) is 50.6 Å². The molecule has 5 rings (SSSR count). The number of nitrogen functional groups attached to an aromatic ring is 2. The van der Waals surface area contributed by atoms with E-state index in [1.807, 2.05) is 13.8 Å². The second-order valence-electron chi connectivity index (χ2n) is 10.9. The molecule has 0 aliphatic carbocycles. The molecule has 20 nitrogen and oxygen atoms in total. The number of anilines is 2. The van der Waals surface area contributed by atoms with Crippen LogP contribution in [0, 0.1) is 13.8 Å². The highest BCUT2D eigenvalue weighted by atomic mass is 16.5. The number of Topliss-reactive ketones (excluding diaryl/α,β-unsaturated/α-hetero) is 1. The molecule has 5 aromatic rings. The van der Waals surface area contributed by atoms with Crippen molar-refractivity contribution in [3.8, 4) is 11.6 Å². The molecule has 262 valence electrons. The zero-order valence-electron chi connectivity index (χ0n) is 28.1. The zero-order valence-corrected chi connectivity index (χ0v) is 28.1. The van der Waals surface area contributed by atoms with Crippen molar-refractivity contribution in [1.82, 2.24) is 39.5 Å². The number of aliphatic hydroxyl groups excluding tert-OH is 1. The molecule has 0 atom stereocenters. The standard InChI is InChI=1S/C30H36N14O6/c1-6-8-10-17-22(37-39-28-24(19(46)13-45)35-15(3)49-28)26(31)43(41-17)20-12-21(34-14-33-20)44-27(32)23(18(42-44)11-9-7-2)38-40-29-25(30(47)48-5)36-16(4)50-29/h12,14,45H,6-11,13,31-32H2,1-5H3/b39-37+,40-38+. The van der Waals surface area contributed by atoms with Crippen LogP contribution >= 0.6 is 0 Å². The van der Waals surface area contributed by atoms with E-state index in [1.165, 1.54) is 22.8 Å². The van der Waals surface area contributed by atoms with Gasteiger partial charge in [0.15, 0.2) is 52.1 Å². The molecule has 0 bridgehead atoms. The van der Waals surface area contributed by atoms with Crippen LogP contribution in [0.25, 0.3) is 11.6 Å². The summed E-state index contributed by atoms with van der Waals surface area (Å²) in [5, 5.41) is 35.4. The summed E-state index contributed by atoms with van der Waals surface area (Å²) in [7, 11) is 1.22. The molecule has 0 saturated carbocycles. The SMILES string of the molecule is CCCCc1nn(-c2cc(-n3nc(CCCC)c(/N=N/c4oc(C)nc4C(=O)OC)c3N)ncn2)c(N)c1/N=N/c1oc(C)nc1C(=O)CO. The van der Waals surface area contributed by atoms with E-state index in [-0.39, 0.29) is 69.6 Å². The molecule has 0 aliphatic heterocycles. The summed E-state index contributed by atoms with van der Waals surface area (Å²) in [6.07, 6.45) is 5.65. The number of aliphatic hydroxyl groups is 1. The maximum Gasteiger partial charge on any atom is 0.362 e. The molecule has 0 unspecified atom stereocenters. The first kappa shape index (κ1) is 35.1. The lowest BCUT2D eigenvalue weighted by molar-refractivity contribution is 0.0595. The van der Waals surface area contributed by atoms with E-state index in [4.69, 9.17) is 25.0 Å². The van der Waals surface area contributed by atoms with Crippen molar-refractivity contribution in [3.63, 3.8) is 0 Å². The monoisotopic (exact) mass is 688 g/mol. The average Bonchev–Trinajstić information content (AvgIpc) is 3.86. The van der Waals surface area contributed by atoms with Gasteiger partial charge in [0.2, 0.25) is 11.5 Å². The van der Waals surface area contributed by atoms with Crippen LogP contribution < -0.4 is 11.5 Å². The number of hydrogen-bond donors (Lipinski definition) is 3. The van der Waals surface area contributed by atoms with Crippen molar-refractivity contribution < 1.29 is 28.3 Å². The number of aryl methyl sites for hydroxylation is 4. The Bertz CT molecular complexity index is 1930. The normalized spacial score (nSPS) is 11.7. The van der Waals surface area contributed by atoms with E-state index in [0.717, 1.165) is 25.7 Å². The Morgan fingerprint density at radius 1 is 0.820 bits per heavy atom. The van der Waals surface area contributed by atoms with Gasteiger partial charge in [-0.05, 0) is 25.7 Å². The number of aromatic nitrogens is 8. The Kier molecular flexibility index (Phi) is 10.8. The fourth-order valence-electron chi connectivity index (χ4n) is 4.75. The van der Waals surface area contributed by atoms with Gasteiger partial charge in [-0.2, -0.15) is 19.6 Å². The second-order valence-corrected chi connectivity index (χ2v) is 10.9. The summed E-state index contributed by atoms with van der Waals surface area (Å²) in [5.74, 6) is -0.553. The van der Waals surface area contributed by atoms with Gasteiger partial charge in [-0.25, -0.2) is 24.7 Å². The van der Waals surface area contributed by atoms with Gasteiger partial charge in [-0.1, -0.05) is 26.7 Å². The molecule has 0 fully saturated rings. The van der Waals surface area contributed by atoms with Crippen molar-refractivity contribution in [2.45, 2.75) is 66.2 Å². The number of ether oxygens (including phenoxy) is 1. The lowest BCUT2D eigenvalue weighted by atomic mass is 10.2. The Hall–Kier alpha value is -6.18. The number of azo groups is 2. The molecule has 0 aromatic carbocycles. The van der Waals surface area contributed by atoms with Crippen LogP contribution in [0.5, 0.6) is 0 Å². The number of nitrogens with two attached hydrogens (primary N) is 2. The minimum Gasteiger partial charge on any atom is -0.464 e. The fourth-order valence-corrected chi connectivity index (χ4v) is 4.75. The van der Waals surface area contributed by atoms with Crippen LogP contribution in [0.15, 0.2) is 41.7 Å². The van der Waals surface area contributed by atoms with Gasteiger partial charge in [-0.15, -0.1) is 20.5 Å². The largest absolute Gasteiger partial charge is 0.464 e. The van der Waals surface area contributed by atoms with Crippen LogP contribution in [-0.4, -0.2) is 70.1 Å². The van der Waals surface area contributed by atoms with E-state index in [1.54, 1.807) is 19.9 Å². The van der Waals surface area contributed by atoms with Gasteiger partial charge in [0.1, 0.15) is 12.9 Å². The van der Waals surface area contributed by atoms with Gasteiger partial charge in [0.05, 0.1) is 18.5 Å². The molecule has 5 N–H and O–H groups in total. The number of unbranched alkanes of at least 4 members (excludes halogenated alkanes) is 2. The molecule has 5 aromatic heterocycles. The van der Waals surface area contributed by atoms with Crippen LogP contribution in [0.2, 0.25) is 0 Å². The number of hydrogen-bond acceptors (Lipinski definition) is 18. The summed E-state index contributed by atoms with van der Waals surface area (Å²) in [5.41, 5.74) is 14.4. The first-order chi connectivity index (χ1) is 24.1. The Balaban J connectivity index is 1.54.